The van der Waals surface area contributed by atoms with Gasteiger partial charge in [-0.2, -0.15) is 0 Å². The first-order chi connectivity index (χ1) is 9.11. The van der Waals surface area contributed by atoms with Crippen LogP contribution in [0, 0.1) is 6.92 Å². The quantitative estimate of drug-likeness (QED) is 0.764. The molecular formula is C11H14N4O3S. The highest BCUT2D eigenvalue weighted by Crippen LogP contribution is 2.22. The maximum absolute atomic E-state index is 10.7. The monoisotopic (exact) mass is 282 g/mol. The molecule has 0 saturated heterocycles. The first-order valence-electron chi connectivity index (χ1n) is 5.66. The maximum atomic E-state index is 10.7. The van der Waals surface area contributed by atoms with Gasteiger partial charge in [0, 0.05) is 13.1 Å². The largest absolute Gasteiger partial charge is 0.475 e. The molecule has 0 radical (unpaired) electrons. The number of hydrogen-bond donors (Lipinski definition) is 2. The third-order valence-corrected chi connectivity index (χ3v) is 3.46. The first kappa shape index (κ1) is 13.6. The average Bonchev–Trinajstić information content (AvgIpc) is 2.96. The van der Waals surface area contributed by atoms with Crippen molar-refractivity contribution in [3.8, 4) is 0 Å². The third kappa shape index (κ3) is 3.15. The summed E-state index contributed by atoms with van der Waals surface area (Å²) in [5, 5.41) is 17.6. The van der Waals surface area contributed by atoms with Gasteiger partial charge in [-0.1, -0.05) is 11.8 Å². The minimum atomic E-state index is -1.07. The molecular weight excluding hydrogens is 268 g/mol. The molecule has 0 unspecified atom stereocenters. The van der Waals surface area contributed by atoms with Gasteiger partial charge in [0.15, 0.2) is 5.16 Å². The molecule has 0 atom stereocenters. The number of carbonyl (C=O) groups is 1. The van der Waals surface area contributed by atoms with Gasteiger partial charge in [0.2, 0.25) is 5.76 Å². The Morgan fingerprint density at radius 2 is 2.32 bits per heavy atom. The van der Waals surface area contributed by atoms with Gasteiger partial charge in [-0.25, -0.2) is 4.79 Å². The molecule has 2 aromatic heterocycles. The number of aromatic nitrogens is 3. The van der Waals surface area contributed by atoms with Crippen molar-refractivity contribution in [3.05, 3.63) is 29.5 Å². The number of nitrogens with zero attached hydrogens (tertiary/aromatic N) is 3. The fourth-order valence-corrected chi connectivity index (χ4v) is 2.47. The van der Waals surface area contributed by atoms with E-state index in [-0.39, 0.29) is 5.76 Å². The van der Waals surface area contributed by atoms with E-state index in [1.165, 1.54) is 17.8 Å². The van der Waals surface area contributed by atoms with E-state index in [4.69, 9.17) is 15.3 Å². The summed E-state index contributed by atoms with van der Waals surface area (Å²) in [5.41, 5.74) is 5.53. The van der Waals surface area contributed by atoms with Crippen molar-refractivity contribution in [2.75, 3.05) is 6.54 Å². The summed E-state index contributed by atoms with van der Waals surface area (Å²) in [6.45, 7) is 3.03. The van der Waals surface area contributed by atoms with Crippen LogP contribution in [0.3, 0.4) is 0 Å². The van der Waals surface area contributed by atoms with Crippen LogP contribution < -0.4 is 5.73 Å². The molecule has 102 valence electrons. The van der Waals surface area contributed by atoms with Crippen LogP contribution in [-0.4, -0.2) is 32.4 Å². The zero-order valence-corrected chi connectivity index (χ0v) is 11.2. The molecule has 7 nitrogen and oxygen atoms in total. The van der Waals surface area contributed by atoms with E-state index in [9.17, 15) is 4.79 Å². The Bertz CT molecular complexity index is 578. The lowest BCUT2D eigenvalue weighted by Gasteiger charge is -2.05. The van der Waals surface area contributed by atoms with E-state index in [1.807, 2.05) is 11.5 Å². The van der Waals surface area contributed by atoms with E-state index < -0.39 is 5.97 Å². The van der Waals surface area contributed by atoms with Crippen molar-refractivity contribution >= 4 is 17.7 Å². The Morgan fingerprint density at radius 1 is 1.53 bits per heavy atom. The minimum Gasteiger partial charge on any atom is -0.475 e. The van der Waals surface area contributed by atoms with Crippen molar-refractivity contribution in [2.45, 2.75) is 24.4 Å². The molecule has 0 bridgehead atoms. The van der Waals surface area contributed by atoms with Crippen LogP contribution in [0.2, 0.25) is 0 Å². The maximum Gasteiger partial charge on any atom is 0.371 e. The zero-order chi connectivity index (χ0) is 13.8. The normalized spacial score (nSPS) is 10.8. The SMILES string of the molecule is Cc1nnc(SCc2ccc(C(=O)O)o2)n1CCN. The molecule has 3 N–H and O–H groups in total. The average molecular weight is 282 g/mol. The molecule has 0 aromatic carbocycles. The number of rotatable bonds is 6. The summed E-state index contributed by atoms with van der Waals surface area (Å²) in [6.07, 6.45) is 0. The van der Waals surface area contributed by atoms with E-state index in [0.29, 0.717) is 24.6 Å². The van der Waals surface area contributed by atoms with Crippen LogP contribution in [0.15, 0.2) is 21.7 Å². The number of carboxylic acid groups (broad SMARTS) is 1. The highest BCUT2D eigenvalue weighted by molar-refractivity contribution is 7.98. The van der Waals surface area contributed by atoms with Crippen LogP contribution in [-0.2, 0) is 12.3 Å². The summed E-state index contributed by atoms with van der Waals surface area (Å²) in [7, 11) is 0. The van der Waals surface area contributed by atoms with Crippen molar-refractivity contribution < 1.29 is 14.3 Å². The molecule has 0 aliphatic carbocycles. The Balaban J connectivity index is 2.03. The van der Waals surface area contributed by atoms with Gasteiger partial charge in [-0.05, 0) is 19.1 Å². The summed E-state index contributed by atoms with van der Waals surface area (Å²) in [6, 6.07) is 3.08. The number of carboxylic acids is 1. The third-order valence-electron chi connectivity index (χ3n) is 2.47. The Hall–Kier alpha value is -1.80. The molecule has 8 heteroatoms. The topological polar surface area (TPSA) is 107 Å². The molecule has 0 amide bonds. The van der Waals surface area contributed by atoms with E-state index in [2.05, 4.69) is 10.2 Å². The second-order valence-electron chi connectivity index (χ2n) is 3.83. The number of aromatic carboxylic acids is 1. The number of nitrogens with two attached hydrogens (primary N) is 1. The second kappa shape index (κ2) is 5.89. The van der Waals surface area contributed by atoms with Gasteiger partial charge in [-0.15, -0.1) is 10.2 Å². The highest BCUT2D eigenvalue weighted by Gasteiger charge is 2.12. The van der Waals surface area contributed by atoms with E-state index in [1.54, 1.807) is 6.07 Å². The summed E-state index contributed by atoms with van der Waals surface area (Å²) in [4.78, 5) is 10.7. The van der Waals surface area contributed by atoms with Crippen LogP contribution >= 0.6 is 11.8 Å². The van der Waals surface area contributed by atoms with Crippen LogP contribution in [0.1, 0.15) is 22.1 Å². The highest BCUT2D eigenvalue weighted by atomic mass is 32.2. The predicted molar refractivity (Wildman–Crippen MR) is 69.0 cm³/mol. The lowest BCUT2D eigenvalue weighted by atomic mass is 10.4. The van der Waals surface area contributed by atoms with Gasteiger partial charge < -0.3 is 19.8 Å². The van der Waals surface area contributed by atoms with Crippen molar-refractivity contribution in [3.63, 3.8) is 0 Å². The molecule has 2 heterocycles. The second-order valence-corrected chi connectivity index (χ2v) is 4.77. The summed E-state index contributed by atoms with van der Waals surface area (Å²) >= 11 is 1.43. The van der Waals surface area contributed by atoms with Gasteiger partial charge in [0.05, 0.1) is 5.75 Å². The van der Waals surface area contributed by atoms with Crippen molar-refractivity contribution in [1.29, 1.82) is 0 Å². The van der Waals surface area contributed by atoms with Gasteiger partial charge >= 0.3 is 5.97 Å². The number of thioether (sulfide) groups is 1. The van der Waals surface area contributed by atoms with Crippen LogP contribution in [0.5, 0.6) is 0 Å². The van der Waals surface area contributed by atoms with E-state index >= 15 is 0 Å². The standard InChI is InChI=1S/C11H14N4O3S/c1-7-13-14-11(15(7)5-4-12)19-6-8-2-3-9(18-8)10(16)17/h2-3H,4-6,12H2,1H3,(H,16,17). The Morgan fingerprint density at radius 3 is 2.95 bits per heavy atom. The molecule has 0 spiro atoms. The molecule has 0 aliphatic rings. The van der Waals surface area contributed by atoms with E-state index in [0.717, 1.165) is 11.0 Å². The van der Waals surface area contributed by atoms with Crippen molar-refractivity contribution in [1.82, 2.24) is 14.8 Å². The lowest BCUT2D eigenvalue weighted by Crippen LogP contribution is -2.12. The summed E-state index contributed by atoms with van der Waals surface area (Å²) in [5.74, 6) is 0.755. The summed E-state index contributed by atoms with van der Waals surface area (Å²) < 4.78 is 7.09. The first-order valence-corrected chi connectivity index (χ1v) is 6.65. The smallest absolute Gasteiger partial charge is 0.371 e. The number of hydrogen-bond acceptors (Lipinski definition) is 6. The number of aryl methyl sites for hydroxylation is 1. The Labute approximate surface area is 113 Å². The fraction of sp³-hybridized carbons (Fsp3) is 0.364. The van der Waals surface area contributed by atoms with Crippen LogP contribution in [0.25, 0.3) is 0 Å². The lowest BCUT2D eigenvalue weighted by molar-refractivity contribution is 0.0661. The molecule has 2 rings (SSSR count). The molecule has 0 fully saturated rings. The molecule has 19 heavy (non-hydrogen) atoms. The van der Waals surface area contributed by atoms with Gasteiger partial charge in [0.1, 0.15) is 11.6 Å². The number of furan rings is 1. The molecule has 0 saturated carbocycles. The minimum absolute atomic E-state index is 0.0600. The van der Waals surface area contributed by atoms with Gasteiger partial charge in [0.25, 0.3) is 0 Å². The molecule has 0 aliphatic heterocycles. The Kier molecular flexibility index (Phi) is 4.23. The van der Waals surface area contributed by atoms with Gasteiger partial charge in [-0.3, -0.25) is 0 Å². The molecule has 2 aromatic rings. The van der Waals surface area contributed by atoms with Crippen LogP contribution in [0.4, 0.5) is 0 Å². The fourth-order valence-electron chi connectivity index (χ4n) is 1.56. The zero-order valence-electron chi connectivity index (χ0n) is 10.4. The predicted octanol–water partition coefficient (Wildman–Crippen LogP) is 1.13. The van der Waals surface area contributed by atoms with Crippen molar-refractivity contribution in [2.24, 2.45) is 5.73 Å².